The number of sulfonamides is 1. The topological polar surface area (TPSA) is 71.5 Å². The minimum Gasteiger partial charge on any atom is -0.379 e. The van der Waals surface area contributed by atoms with Gasteiger partial charge in [0.25, 0.3) is 0 Å². The van der Waals surface area contributed by atoms with E-state index >= 15 is 0 Å². The summed E-state index contributed by atoms with van der Waals surface area (Å²) in [6.07, 6.45) is 3.76. The van der Waals surface area contributed by atoms with Crippen molar-refractivity contribution in [3.63, 3.8) is 0 Å². The highest BCUT2D eigenvalue weighted by Gasteiger charge is 2.43. The number of rotatable bonds is 6. The quantitative estimate of drug-likeness (QED) is 0.841. The zero-order valence-corrected chi connectivity index (χ0v) is 15.4. The van der Waals surface area contributed by atoms with E-state index in [-0.39, 0.29) is 10.3 Å². The Balaban J connectivity index is 1.42. The molecule has 6 nitrogen and oxygen atoms in total. The molecule has 0 spiro atoms. The molecule has 2 aromatic rings. The van der Waals surface area contributed by atoms with Crippen LogP contribution in [0.4, 0.5) is 5.82 Å². The molecule has 2 aliphatic rings. The molecule has 1 aliphatic heterocycles. The van der Waals surface area contributed by atoms with Crippen molar-refractivity contribution >= 4 is 15.8 Å². The van der Waals surface area contributed by atoms with E-state index in [1.165, 1.54) is 16.1 Å². The molecule has 0 radical (unpaired) electrons. The monoisotopic (exact) mass is 373 g/mol. The van der Waals surface area contributed by atoms with E-state index in [9.17, 15) is 8.42 Å². The van der Waals surface area contributed by atoms with Crippen LogP contribution in [0.15, 0.2) is 53.6 Å². The van der Waals surface area contributed by atoms with Gasteiger partial charge in [-0.25, -0.2) is 13.4 Å². The maximum atomic E-state index is 12.6. The van der Waals surface area contributed by atoms with Gasteiger partial charge in [0.05, 0.1) is 13.2 Å². The second kappa shape index (κ2) is 6.98. The second-order valence-corrected chi connectivity index (χ2v) is 8.83. The van der Waals surface area contributed by atoms with Crippen LogP contribution in [0.5, 0.6) is 0 Å². The molecule has 4 rings (SSSR count). The second-order valence-electron chi connectivity index (χ2n) is 6.90. The number of pyridine rings is 1. The van der Waals surface area contributed by atoms with Crippen molar-refractivity contribution in [3.05, 3.63) is 54.2 Å². The van der Waals surface area contributed by atoms with Crippen molar-refractivity contribution in [2.24, 2.45) is 0 Å². The first kappa shape index (κ1) is 17.5. The fourth-order valence-electron chi connectivity index (χ4n) is 3.34. The van der Waals surface area contributed by atoms with E-state index in [2.05, 4.69) is 34.6 Å². The first-order chi connectivity index (χ1) is 12.6. The lowest BCUT2D eigenvalue weighted by atomic mass is 9.96. The van der Waals surface area contributed by atoms with Gasteiger partial charge < -0.3 is 10.1 Å². The van der Waals surface area contributed by atoms with Gasteiger partial charge in [-0.05, 0) is 30.5 Å². The van der Waals surface area contributed by atoms with Gasteiger partial charge in [0.15, 0.2) is 0 Å². The number of aromatic nitrogens is 1. The predicted molar refractivity (Wildman–Crippen MR) is 99.7 cm³/mol. The lowest BCUT2D eigenvalue weighted by Gasteiger charge is -2.26. The molecule has 0 amide bonds. The number of ether oxygens (including phenoxy) is 1. The molecular formula is C19H23N3O3S. The molecule has 1 saturated heterocycles. The van der Waals surface area contributed by atoms with Crippen LogP contribution in [-0.4, -0.2) is 50.6 Å². The summed E-state index contributed by atoms with van der Waals surface area (Å²) in [5, 5.41) is 3.36. The molecule has 2 heterocycles. The summed E-state index contributed by atoms with van der Waals surface area (Å²) in [6.45, 7) is 2.46. The number of nitrogens with zero attached hydrogens (tertiary/aromatic N) is 2. The maximum Gasteiger partial charge on any atom is 0.244 e. The SMILES string of the molecule is O=S(=O)(c1ccc(NCC2(c3ccccc3)CC2)nc1)N1CCOCC1. The van der Waals surface area contributed by atoms with Crippen LogP contribution in [0.2, 0.25) is 0 Å². The normalized spacial score (nSPS) is 19.8. The van der Waals surface area contributed by atoms with Gasteiger partial charge >= 0.3 is 0 Å². The highest BCUT2D eigenvalue weighted by Crippen LogP contribution is 2.48. The summed E-state index contributed by atoms with van der Waals surface area (Å²) in [4.78, 5) is 4.55. The zero-order valence-electron chi connectivity index (χ0n) is 14.6. The van der Waals surface area contributed by atoms with Crippen LogP contribution in [0.25, 0.3) is 0 Å². The summed E-state index contributed by atoms with van der Waals surface area (Å²) in [5.41, 5.74) is 1.53. The molecule has 1 aliphatic carbocycles. The van der Waals surface area contributed by atoms with E-state index in [1.807, 2.05) is 6.07 Å². The summed E-state index contributed by atoms with van der Waals surface area (Å²) < 4.78 is 31.9. The van der Waals surface area contributed by atoms with E-state index in [0.29, 0.717) is 32.1 Å². The fourth-order valence-corrected chi connectivity index (χ4v) is 4.70. The van der Waals surface area contributed by atoms with Gasteiger partial charge in [0, 0.05) is 31.2 Å². The largest absolute Gasteiger partial charge is 0.379 e. The molecule has 1 N–H and O–H groups in total. The predicted octanol–water partition coefficient (Wildman–Crippen LogP) is 2.25. The first-order valence-corrected chi connectivity index (χ1v) is 10.4. The molecular weight excluding hydrogens is 350 g/mol. The van der Waals surface area contributed by atoms with Crippen LogP contribution in [0.3, 0.4) is 0 Å². The Morgan fingerprint density at radius 1 is 1.08 bits per heavy atom. The molecule has 1 aromatic heterocycles. The van der Waals surface area contributed by atoms with Crippen molar-refractivity contribution in [1.82, 2.24) is 9.29 Å². The molecule has 2 fully saturated rings. The fraction of sp³-hybridized carbons (Fsp3) is 0.421. The average Bonchev–Trinajstić information content (AvgIpc) is 3.49. The Kier molecular flexibility index (Phi) is 4.69. The molecule has 7 heteroatoms. The molecule has 0 unspecified atom stereocenters. The molecule has 1 saturated carbocycles. The molecule has 1 aromatic carbocycles. The number of hydrogen-bond donors (Lipinski definition) is 1. The van der Waals surface area contributed by atoms with Crippen LogP contribution in [0.1, 0.15) is 18.4 Å². The standard InChI is InChI=1S/C19H23N3O3S/c23-26(24,22-10-12-25-13-11-22)17-6-7-18(20-14-17)21-15-19(8-9-19)16-4-2-1-3-5-16/h1-7,14H,8-13,15H2,(H,20,21). The van der Waals surface area contributed by atoms with Gasteiger partial charge in [-0.1, -0.05) is 30.3 Å². The molecule has 138 valence electrons. The van der Waals surface area contributed by atoms with Crippen molar-refractivity contribution < 1.29 is 13.2 Å². The Labute approximate surface area is 154 Å². The number of benzene rings is 1. The van der Waals surface area contributed by atoms with Crippen molar-refractivity contribution in [2.75, 3.05) is 38.2 Å². The highest BCUT2D eigenvalue weighted by molar-refractivity contribution is 7.89. The van der Waals surface area contributed by atoms with E-state index in [0.717, 1.165) is 19.4 Å². The molecule has 0 atom stereocenters. The Bertz CT molecular complexity index is 843. The van der Waals surface area contributed by atoms with Gasteiger partial charge in [-0.3, -0.25) is 0 Å². The van der Waals surface area contributed by atoms with Crippen molar-refractivity contribution in [2.45, 2.75) is 23.2 Å². The van der Waals surface area contributed by atoms with E-state index in [4.69, 9.17) is 4.74 Å². The zero-order chi connectivity index (χ0) is 18.0. The summed E-state index contributed by atoms with van der Waals surface area (Å²) in [7, 11) is -3.49. The van der Waals surface area contributed by atoms with Crippen molar-refractivity contribution in [3.8, 4) is 0 Å². The average molecular weight is 373 g/mol. The number of morpholine rings is 1. The van der Waals surface area contributed by atoms with E-state index in [1.54, 1.807) is 12.1 Å². The first-order valence-electron chi connectivity index (χ1n) is 8.94. The van der Waals surface area contributed by atoms with E-state index < -0.39 is 10.0 Å². The third kappa shape index (κ3) is 3.47. The van der Waals surface area contributed by atoms with Crippen LogP contribution in [-0.2, 0) is 20.2 Å². The summed E-state index contributed by atoms with van der Waals surface area (Å²) in [5.74, 6) is 0.702. The lowest BCUT2D eigenvalue weighted by Crippen LogP contribution is -2.40. The van der Waals surface area contributed by atoms with Gasteiger partial charge in [-0.2, -0.15) is 4.31 Å². The van der Waals surface area contributed by atoms with Gasteiger partial charge in [0.1, 0.15) is 10.7 Å². The van der Waals surface area contributed by atoms with Crippen molar-refractivity contribution in [1.29, 1.82) is 0 Å². The molecule has 0 bridgehead atoms. The smallest absolute Gasteiger partial charge is 0.244 e. The van der Waals surface area contributed by atoms with Crippen LogP contribution >= 0.6 is 0 Å². The maximum absolute atomic E-state index is 12.6. The number of hydrogen-bond acceptors (Lipinski definition) is 5. The Morgan fingerprint density at radius 3 is 2.42 bits per heavy atom. The Hall–Kier alpha value is -1.96. The molecule has 26 heavy (non-hydrogen) atoms. The number of nitrogens with one attached hydrogen (secondary N) is 1. The minimum absolute atomic E-state index is 0.182. The summed E-state index contributed by atoms with van der Waals surface area (Å²) >= 11 is 0. The summed E-state index contributed by atoms with van der Waals surface area (Å²) in [6, 6.07) is 13.9. The Morgan fingerprint density at radius 2 is 1.81 bits per heavy atom. The highest BCUT2D eigenvalue weighted by atomic mass is 32.2. The lowest BCUT2D eigenvalue weighted by molar-refractivity contribution is 0.0730. The third-order valence-electron chi connectivity index (χ3n) is 5.19. The number of anilines is 1. The van der Waals surface area contributed by atoms with Crippen LogP contribution in [0, 0.1) is 0 Å². The minimum atomic E-state index is -3.49. The van der Waals surface area contributed by atoms with Crippen LogP contribution < -0.4 is 5.32 Å². The van der Waals surface area contributed by atoms with Gasteiger partial charge in [0.2, 0.25) is 10.0 Å². The third-order valence-corrected chi connectivity index (χ3v) is 7.07. The van der Waals surface area contributed by atoms with Gasteiger partial charge in [-0.15, -0.1) is 0 Å².